The van der Waals surface area contributed by atoms with Crippen LogP contribution in [0.1, 0.15) is 37.8 Å². The van der Waals surface area contributed by atoms with Crippen LogP contribution in [-0.4, -0.2) is 53.5 Å². The Morgan fingerprint density at radius 1 is 1.03 bits per heavy atom. The lowest BCUT2D eigenvalue weighted by Gasteiger charge is -2.27. The van der Waals surface area contributed by atoms with Gasteiger partial charge in [0.1, 0.15) is 6.61 Å². The summed E-state index contributed by atoms with van der Waals surface area (Å²) < 4.78 is 5.46. The normalized spacial score (nSPS) is 14.6. The number of fused-ring (bicyclic) bond motifs is 3. The maximum atomic E-state index is 12.5. The molecule has 4 N–H and O–H groups in total. The third-order valence-electron chi connectivity index (χ3n) is 5.67. The largest absolute Gasteiger partial charge is 0.480 e. The molecule has 0 radical (unpaired) electrons. The van der Waals surface area contributed by atoms with Crippen LogP contribution >= 0.6 is 0 Å². The number of carboxylic acid groups (broad SMARTS) is 1. The zero-order valence-corrected chi connectivity index (χ0v) is 18.3. The second kappa shape index (κ2) is 9.40. The Morgan fingerprint density at radius 2 is 1.56 bits per heavy atom. The number of benzene rings is 2. The molecule has 8 heteroatoms. The van der Waals surface area contributed by atoms with Gasteiger partial charge in [-0.3, -0.25) is 4.79 Å². The van der Waals surface area contributed by atoms with E-state index in [0.717, 1.165) is 22.3 Å². The lowest BCUT2D eigenvalue weighted by Crippen LogP contribution is -2.53. The highest BCUT2D eigenvalue weighted by Crippen LogP contribution is 2.44. The minimum absolute atomic E-state index is 0.0678. The predicted octanol–water partition coefficient (Wildman–Crippen LogP) is 2.50. The van der Waals surface area contributed by atoms with E-state index in [0.29, 0.717) is 0 Å². The lowest BCUT2D eigenvalue weighted by atomic mass is 9.91. The highest BCUT2D eigenvalue weighted by atomic mass is 16.5. The molecule has 0 saturated carbocycles. The van der Waals surface area contributed by atoms with Crippen molar-refractivity contribution in [3.05, 3.63) is 59.7 Å². The summed E-state index contributed by atoms with van der Waals surface area (Å²) in [5.74, 6) is -2.02. The van der Waals surface area contributed by atoms with Crippen LogP contribution in [0.4, 0.5) is 4.79 Å². The third kappa shape index (κ3) is 4.91. The van der Waals surface area contributed by atoms with Crippen molar-refractivity contribution in [2.24, 2.45) is 5.41 Å². The molecule has 8 nitrogen and oxygen atoms in total. The Bertz CT molecular complexity index is 972. The quantitative estimate of drug-likeness (QED) is 0.500. The second-order valence-corrected chi connectivity index (χ2v) is 8.59. The van der Waals surface area contributed by atoms with E-state index in [1.165, 1.54) is 6.92 Å². The molecule has 1 aliphatic carbocycles. The number of hydrogen-bond donors (Lipinski definition) is 4. The van der Waals surface area contributed by atoms with Gasteiger partial charge >= 0.3 is 12.1 Å². The first kappa shape index (κ1) is 23.3. The van der Waals surface area contributed by atoms with Crippen molar-refractivity contribution < 1.29 is 29.3 Å². The number of carbonyl (C=O) groups excluding carboxylic acids is 2. The van der Waals surface area contributed by atoms with Crippen LogP contribution < -0.4 is 10.6 Å². The molecule has 170 valence electrons. The molecule has 0 fully saturated rings. The minimum atomic E-state index is -1.43. The maximum Gasteiger partial charge on any atom is 0.407 e. The Hall–Kier alpha value is -3.39. The van der Waals surface area contributed by atoms with Gasteiger partial charge in [0, 0.05) is 12.5 Å². The van der Waals surface area contributed by atoms with E-state index in [1.807, 2.05) is 48.5 Å². The summed E-state index contributed by atoms with van der Waals surface area (Å²) in [6.45, 7) is 4.48. The Labute approximate surface area is 186 Å². The standard InChI is InChI=1S/C24H28N2O6/c1-14(27)20(21(28)29)26-22(30)24(2,3)13-25-23(31)32-12-19-17-10-6-4-8-15(17)16-9-5-7-11-18(16)19/h4-11,14,19-20,27H,12-13H2,1-3H3,(H,25,31)(H,26,30)(H,28,29)/t14-,20+/m1/s1. The van der Waals surface area contributed by atoms with Gasteiger partial charge in [-0.1, -0.05) is 48.5 Å². The fourth-order valence-electron chi connectivity index (χ4n) is 3.75. The number of carbonyl (C=O) groups is 3. The Kier molecular flexibility index (Phi) is 6.84. The molecule has 0 unspecified atom stereocenters. The van der Waals surface area contributed by atoms with Crippen molar-refractivity contribution >= 4 is 18.0 Å². The van der Waals surface area contributed by atoms with Crippen molar-refractivity contribution in [3.8, 4) is 11.1 Å². The van der Waals surface area contributed by atoms with Gasteiger partial charge < -0.3 is 25.6 Å². The number of nitrogens with one attached hydrogen (secondary N) is 2. The van der Waals surface area contributed by atoms with Crippen LogP contribution in [0.5, 0.6) is 0 Å². The summed E-state index contributed by atoms with van der Waals surface area (Å²) in [6.07, 6.45) is -1.93. The monoisotopic (exact) mass is 440 g/mol. The van der Waals surface area contributed by atoms with Gasteiger partial charge in [-0.05, 0) is 43.0 Å². The van der Waals surface area contributed by atoms with E-state index in [-0.39, 0.29) is 19.1 Å². The number of aliphatic carboxylic acids is 1. The molecular formula is C24H28N2O6. The number of amides is 2. The van der Waals surface area contributed by atoms with Crippen molar-refractivity contribution in [1.29, 1.82) is 0 Å². The lowest BCUT2D eigenvalue weighted by molar-refractivity contribution is -0.146. The Morgan fingerprint density at radius 3 is 2.06 bits per heavy atom. The SMILES string of the molecule is C[C@@H](O)[C@H](NC(=O)C(C)(C)CNC(=O)OCC1c2ccccc2-c2ccccc21)C(=O)O. The molecule has 2 amide bonds. The topological polar surface area (TPSA) is 125 Å². The summed E-state index contributed by atoms with van der Waals surface area (Å²) in [7, 11) is 0. The van der Waals surface area contributed by atoms with Gasteiger partial charge in [0.25, 0.3) is 0 Å². The van der Waals surface area contributed by atoms with Gasteiger partial charge in [0.05, 0.1) is 11.5 Å². The number of hydrogen-bond acceptors (Lipinski definition) is 5. The zero-order valence-electron chi connectivity index (χ0n) is 18.3. The van der Waals surface area contributed by atoms with Crippen LogP contribution in [0, 0.1) is 5.41 Å². The summed E-state index contributed by atoms with van der Waals surface area (Å²) in [5.41, 5.74) is 3.33. The zero-order chi connectivity index (χ0) is 23.5. The average Bonchev–Trinajstić information content (AvgIpc) is 3.07. The first-order valence-electron chi connectivity index (χ1n) is 10.4. The molecule has 32 heavy (non-hydrogen) atoms. The van der Waals surface area contributed by atoms with E-state index in [4.69, 9.17) is 9.84 Å². The molecule has 3 rings (SSSR count). The smallest absolute Gasteiger partial charge is 0.407 e. The van der Waals surface area contributed by atoms with Crippen molar-refractivity contribution in [1.82, 2.24) is 10.6 Å². The molecule has 0 aromatic heterocycles. The minimum Gasteiger partial charge on any atom is -0.480 e. The van der Waals surface area contributed by atoms with E-state index in [2.05, 4.69) is 10.6 Å². The highest BCUT2D eigenvalue weighted by Gasteiger charge is 2.34. The number of rotatable bonds is 8. The predicted molar refractivity (Wildman–Crippen MR) is 118 cm³/mol. The molecule has 2 atom stereocenters. The number of ether oxygens (including phenoxy) is 1. The maximum absolute atomic E-state index is 12.5. The fourth-order valence-corrected chi connectivity index (χ4v) is 3.75. The van der Waals surface area contributed by atoms with Crippen LogP contribution in [0.2, 0.25) is 0 Å². The second-order valence-electron chi connectivity index (χ2n) is 8.59. The third-order valence-corrected chi connectivity index (χ3v) is 5.67. The molecule has 2 aromatic rings. The molecule has 1 aliphatic rings. The van der Waals surface area contributed by atoms with Gasteiger partial charge in [-0.15, -0.1) is 0 Å². The van der Waals surface area contributed by atoms with Crippen LogP contribution in [-0.2, 0) is 14.3 Å². The molecule has 0 bridgehead atoms. The molecular weight excluding hydrogens is 412 g/mol. The molecule has 0 spiro atoms. The van der Waals surface area contributed by atoms with Crippen LogP contribution in [0.3, 0.4) is 0 Å². The fraction of sp³-hybridized carbons (Fsp3) is 0.375. The first-order chi connectivity index (χ1) is 15.1. The van der Waals surface area contributed by atoms with E-state index in [1.54, 1.807) is 13.8 Å². The molecule has 0 saturated heterocycles. The number of carboxylic acids is 1. The van der Waals surface area contributed by atoms with Crippen molar-refractivity contribution in [2.45, 2.75) is 38.8 Å². The van der Waals surface area contributed by atoms with Crippen LogP contribution in [0.15, 0.2) is 48.5 Å². The summed E-state index contributed by atoms with van der Waals surface area (Å²) in [4.78, 5) is 36.0. The number of aliphatic hydroxyl groups excluding tert-OH is 1. The van der Waals surface area contributed by atoms with E-state index in [9.17, 15) is 19.5 Å². The first-order valence-corrected chi connectivity index (χ1v) is 10.4. The number of aliphatic hydroxyl groups is 1. The van der Waals surface area contributed by atoms with Gasteiger partial charge in [-0.2, -0.15) is 0 Å². The molecule has 0 aliphatic heterocycles. The molecule has 2 aromatic carbocycles. The van der Waals surface area contributed by atoms with Crippen molar-refractivity contribution in [2.75, 3.05) is 13.2 Å². The van der Waals surface area contributed by atoms with E-state index >= 15 is 0 Å². The Balaban J connectivity index is 1.57. The van der Waals surface area contributed by atoms with Crippen molar-refractivity contribution in [3.63, 3.8) is 0 Å². The average molecular weight is 440 g/mol. The highest BCUT2D eigenvalue weighted by molar-refractivity contribution is 5.87. The van der Waals surface area contributed by atoms with E-state index < -0.39 is 35.5 Å². The van der Waals surface area contributed by atoms with Crippen LogP contribution in [0.25, 0.3) is 11.1 Å². The summed E-state index contributed by atoms with van der Waals surface area (Å²) in [5, 5.41) is 23.5. The van der Waals surface area contributed by atoms with Gasteiger partial charge in [-0.25, -0.2) is 9.59 Å². The number of alkyl carbamates (subject to hydrolysis) is 1. The summed E-state index contributed by atoms with van der Waals surface area (Å²) in [6, 6.07) is 14.6. The van der Waals surface area contributed by atoms with Gasteiger partial charge in [0.2, 0.25) is 5.91 Å². The van der Waals surface area contributed by atoms with Gasteiger partial charge in [0.15, 0.2) is 6.04 Å². The summed E-state index contributed by atoms with van der Waals surface area (Å²) >= 11 is 0. The molecule has 0 heterocycles.